The molecule has 0 spiro atoms. The predicted octanol–water partition coefficient (Wildman–Crippen LogP) is 1.09. The van der Waals surface area contributed by atoms with E-state index in [9.17, 15) is 9.59 Å². The van der Waals surface area contributed by atoms with Crippen LogP contribution in [0.3, 0.4) is 0 Å². The van der Waals surface area contributed by atoms with E-state index in [0.29, 0.717) is 11.1 Å². The Morgan fingerprint density at radius 3 is 2.78 bits per heavy atom. The smallest absolute Gasteiger partial charge is 0.271 e. The maximum absolute atomic E-state index is 12.0. The van der Waals surface area contributed by atoms with Gasteiger partial charge < -0.3 is 5.32 Å². The number of carbonyl (C=O) groups is 1. The lowest BCUT2D eigenvalue weighted by molar-refractivity contribution is 0.0928. The SMILES string of the molecule is Cn1nc(C(=O)NC2CCC(C)(C)C2)ccc1=O. The highest BCUT2D eigenvalue weighted by Gasteiger charge is 2.31. The van der Waals surface area contributed by atoms with Gasteiger partial charge in [-0.3, -0.25) is 9.59 Å². The molecule has 0 bridgehead atoms. The molecule has 5 heteroatoms. The van der Waals surface area contributed by atoms with Gasteiger partial charge in [0.15, 0.2) is 0 Å². The Morgan fingerprint density at radius 2 is 2.22 bits per heavy atom. The van der Waals surface area contributed by atoms with Crippen LogP contribution in [0.5, 0.6) is 0 Å². The lowest BCUT2D eigenvalue weighted by Gasteiger charge is -2.17. The minimum atomic E-state index is -0.214. The van der Waals surface area contributed by atoms with Crippen molar-refractivity contribution in [2.24, 2.45) is 12.5 Å². The van der Waals surface area contributed by atoms with Crippen LogP contribution >= 0.6 is 0 Å². The van der Waals surface area contributed by atoms with Crippen molar-refractivity contribution in [3.8, 4) is 0 Å². The first-order valence-electron chi connectivity index (χ1n) is 6.23. The van der Waals surface area contributed by atoms with E-state index in [-0.39, 0.29) is 17.5 Å². The second-order valence-corrected chi connectivity index (χ2v) is 5.76. The van der Waals surface area contributed by atoms with Crippen LogP contribution in [0.4, 0.5) is 0 Å². The Hall–Kier alpha value is -1.65. The molecular weight excluding hydrogens is 230 g/mol. The van der Waals surface area contributed by atoms with E-state index >= 15 is 0 Å². The number of aryl methyl sites for hydroxylation is 1. The number of amides is 1. The Kier molecular flexibility index (Phi) is 3.24. The number of hydrogen-bond acceptors (Lipinski definition) is 3. The zero-order valence-electron chi connectivity index (χ0n) is 11.1. The summed E-state index contributed by atoms with van der Waals surface area (Å²) in [7, 11) is 1.54. The molecule has 1 aromatic heterocycles. The van der Waals surface area contributed by atoms with Gasteiger partial charge in [-0.2, -0.15) is 5.10 Å². The van der Waals surface area contributed by atoms with Crippen molar-refractivity contribution in [3.05, 3.63) is 28.2 Å². The van der Waals surface area contributed by atoms with Crippen LogP contribution < -0.4 is 10.9 Å². The fraction of sp³-hybridized carbons (Fsp3) is 0.615. The molecule has 1 aromatic rings. The standard InChI is InChI=1S/C13H19N3O2/c1-13(2)7-6-9(8-13)14-12(18)10-4-5-11(17)16(3)15-10/h4-5,9H,6-8H2,1-3H3,(H,14,18). The van der Waals surface area contributed by atoms with Crippen LogP contribution in [0.2, 0.25) is 0 Å². The summed E-state index contributed by atoms with van der Waals surface area (Å²) in [4.78, 5) is 23.2. The van der Waals surface area contributed by atoms with E-state index in [4.69, 9.17) is 0 Å². The van der Waals surface area contributed by atoms with Gasteiger partial charge in [0.05, 0.1) is 0 Å². The molecule has 0 saturated heterocycles. The maximum atomic E-state index is 12.0. The Bertz CT molecular complexity index is 519. The summed E-state index contributed by atoms with van der Waals surface area (Å²) in [6.07, 6.45) is 3.12. The Balaban J connectivity index is 2.04. The second kappa shape index (κ2) is 4.55. The summed E-state index contributed by atoms with van der Waals surface area (Å²) < 4.78 is 1.17. The fourth-order valence-corrected chi connectivity index (χ4v) is 2.44. The highest BCUT2D eigenvalue weighted by molar-refractivity contribution is 5.92. The van der Waals surface area contributed by atoms with Crippen LogP contribution in [0.15, 0.2) is 16.9 Å². The quantitative estimate of drug-likeness (QED) is 0.853. The highest BCUT2D eigenvalue weighted by Crippen LogP contribution is 2.36. The first kappa shape index (κ1) is 12.8. The Morgan fingerprint density at radius 1 is 1.50 bits per heavy atom. The molecule has 2 rings (SSSR count). The Labute approximate surface area is 106 Å². The number of nitrogens with one attached hydrogen (secondary N) is 1. The summed E-state index contributed by atoms with van der Waals surface area (Å²) in [6, 6.07) is 3.05. The van der Waals surface area contributed by atoms with Crippen molar-refractivity contribution in [2.75, 3.05) is 0 Å². The lowest BCUT2D eigenvalue weighted by Crippen LogP contribution is -2.35. The molecule has 0 radical (unpaired) electrons. The van der Waals surface area contributed by atoms with Crippen molar-refractivity contribution in [3.63, 3.8) is 0 Å². The molecule has 5 nitrogen and oxygen atoms in total. The van der Waals surface area contributed by atoms with E-state index < -0.39 is 0 Å². The third-order valence-corrected chi connectivity index (χ3v) is 3.50. The van der Waals surface area contributed by atoms with Crippen molar-refractivity contribution in [2.45, 2.75) is 39.2 Å². The van der Waals surface area contributed by atoms with E-state index in [0.717, 1.165) is 19.3 Å². The largest absolute Gasteiger partial charge is 0.348 e. The molecule has 1 aliphatic rings. The molecule has 1 unspecified atom stereocenters. The molecule has 1 heterocycles. The molecule has 1 aliphatic carbocycles. The van der Waals surface area contributed by atoms with Gasteiger partial charge in [0, 0.05) is 19.2 Å². The van der Waals surface area contributed by atoms with Crippen molar-refractivity contribution in [1.82, 2.24) is 15.1 Å². The molecular formula is C13H19N3O2. The summed E-state index contributed by atoms with van der Waals surface area (Å²) in [5.41, 5.74) is 0.380. The second-order valence-electron chi connectivity index (χ2n) is 5.76. The van der Waals surface area contributed by atoms with Crippen molar-refractivity contribution < 1.29 is 4.79 Å². The van der Waals surface area contributed by atoms with E-state index in [1.165, 1.54) is 23.9 Å². The fourth-order valence-electron chi connectivity index (χ4n) is 2.44. The highest BCUT2D eigenvalue weighted by atomic mass is 16.2. The third kappa shape index (κ3) is 2.78. The molecule has 1 amide bonds. The minimum absolute atomic E-state index is 0.201. The summed E-state index contributed by atoms with van der Waals surface area (Å²) in [6.45, 7) is 4.42. The number of hydrogen-bond donors (Lipinski definition) is 1. The molecule has 1 atom stereocenters. The van der Waals surface area contributed by atoms with Gasteiger partial charge in [-0.1, -0.05) is 13.8 Å². The molecule has 18 heavy (non-hydrogen) atoms. The average molecular weight is 249 g/mol. The van der Waals surface area contributed by atoms with Gasteiger partial charge >= 0.3 is 0 Å². The molecule has 1 saturated carbocycles. The lowest BCUT2D eigenvalue weighted by atomic mass is 9.92. The number of nitrogens with zero attached hydrogens (tertiary/aromatic N) is 2. The zero-order valence-corrected chi connectivity index (χ0v) is 11.1. The van der Waals surface area contributed by atoms with E-state index in [1.807, 2.05) is 0 Å². The van der Waals surface area contributed by atoms with Crippen molar-refractivity contribution >= 4 is 5.91 Å². The summed E-state index contributed by atoms with van der Waals surface area (Å²) in [5, 5.41) is 6.92. The number of rotatable bonds is 2. The van der Waals surface area contributed by atoms with Gasteiger partial charge in [0.1, 0.15) is 5.69 Å². The van der Waals surface area contributed by atoms with Gasteiger partial charge in [-0.15, -0.1) is 0 Å². The van der Waals surface area contributed by atoms with Gasteiger partial charge in [-0.05, 0) is 30.7 Å². The van der Waals surface area contributed by atoms with Gasteiger partial charge in [0.2, 0.25) is 0 Å². The molecule has 1 N–H and O–H groups in total. The monoisotopic (exact) mass is 249 g/mol. The van der Waals surface area contributed by atoms with E-state index in [2.05, 4.69) is 24.3 Å². The van der Waals surface area contributed by atoms with Crippen LogP contribution in [0.1, 0.15) is 43.6 Å². The average Bonchev–Trinajstić information content (AvgIpc) is 2.62. The number of carbonyl (C=O) groups excluding carboxylic acids is 1. The van der Waals surface area contributed by atoms with Crippen LogP contribution in [0, 0.1) is 5.41 Å². The number of aromatic nitrogens is 2. The van der Waals surface area contributed by atoms with Crippen LogP contribution in [0.25, 0.3) is 0 Å². The van der Waals surface area contributed by atoms with Crippen molar-refractivity contribution in [1.29, 1.82) is 0 Å². The third-order valence-electron chi connectivity index (χ3n) is 3.50. The van der Waals surface area contributed by atoms with E-state index in [1.54, 1.807) is 0 Å². The normalized spacial score (nSPS) is 21.8. The molecule has 0 aliphatic heterocycles. The van der Waals surface area contributed by atoms with Crippen LogP contribution in [-0.2, 0) is 7.05 Å². The van der Waals surface area contributed by atoms with Gasteiger partial charge in [-0.25, -0.2) is 4.68 Å². The summed E-state index contributed by atoms with van der Waals surface area (Å²) >= 11 is 0. The maximum Gasteiger partial charge on any atom is 0.271 e. The summed E-state index contributed by atoms with van der Waals surface area (Å²) in [5.74, 6) is -0.201. The first-order valence-corrected chi connectivity index (χ1v) is 6.23. The first-order chi connectivity index (χ1) is 8.37. The topological polar surface area (TPSA) is 64.0 Å². The minimum Gasteiger partial charge on any atom is -0.348 e. The van der Waals surface area contributed by atoms with Crippen LogP contribution in [-0.4, -0.2) is 21.7 Å². The predicted molar refractivity (Wildman–Crippen MR) is 68.4 cm³/mol. The molecule has 1 fully saturated rings. The zero-order chi connectivity index (χ0) is 13.3. The molecule has 98 valence electrons. The van der Waals surface area contributed by atoms with Gasteiger partial charge in [0.25, 0.3) is 11.5 Å². The molecule has 0 aromatic carbocycles.